The Morgan fingerprint density at radius 1 is 1.19 bits per heavy atom. The Hall–Kier alpha value is -3.15. The fraction of sp³-hybridized carbons (Fsp3) is 0.286. The van der Waals surface area contributed by atoms with Crippen molar-refractivity contribution in [2.45, 2.75) is 32.7 Å². The first-order valence-corrected chi connectivity index (χ1v) is 8.97. The van der Waals surface area contributed by atoms with Crippen molar-refractivity contribution in [2.75, 3.05) is 16.8 Å². The summed E-state index contributed by atoms with van der Waals surface area (Å²) in [7, 11) is 0. The van der Waals surface area contributed by atoms with Crippen LogP contribution in [0.1, 0.15) is 37.0 Å². The molecule has 1 aliphatic heterocycles. The van der Waals surface area contributed by atoms with Gasteiger partial charge in [0.25, 0.3) is 5.91 Å². The Morgan fingerprint density at radius 2 is 1.96 bits per heavy atom. The molecule has 0 aromatic heterocycles. The number of Topliss-reactive ketones (excluding diaryl/α,β-unsaturated/α-hetero) is 1. The average molecular weight is 366 g/mol. The summed E-state index contributed by atoms with van der Waals surface area (Å²) in [5.41, 5.74) is 1.64. The normalized spacial score (nSPS) is 16.5. The highest BCUT2D eigenvalue weighted by molar-refractivity contribution is 6.23. The van der Waals surface area contributed by atoms with Crippen molar-refractivity contribution in [3.63, 3.8) is 0 Å². The monoisotopic (exact) mass is 366 g/mol. The van der Waals surface area contributed by atoms with Gasteiger partial charge >= 0.3 is 0 Å². The van der Waals surface area contributed by atoms with Crippen LogP contribution >= 0.6 is 0 Å². The van der Waals surface area contributed by atoms with E-state index < -0.39 is 6.04 Å². The number of amides is 2. The second-order valence-corrected chi connectivity index (χ2v) is 6.42. The van der Waals surface area contributed by atoms with Gasteiger partial charge in [-0.15, -0.1) is 0 Å². The molecule has 1 fully saturated rings. The number of ether oxygens (including phenoxy) is 1. The van der Waals surface area contributed by atoms with E-state index >= 15 is 0 Å². The molecule has 1 N–H and O–H groups in total. The number of nitrogens with one attached hydrogen (secondary N) is 1. The second kappa shape index (κ2) is 8.03. The molecular weight excluding hydrogens is 344 g/mol. The van der Waals surface area contributed by atoms with Gasteiger partial charge in [-0.2, -0.15) is 0 Å². The second-order valence-electron chi connectivity index (χ2n) is 6.42. The van der Waals surface area contributed by atoms with Crippen LogP contribution in [-0.2, 0) is 9.59 Å². The molecule has 1 aliphatic rings. The van der Waals surface area contributed by atoms with Crippen molar-refractivity contribution in [1.82, 2.24) is 0 Å². The predicted octanol–water partition coefficient (Wildman–Crippen LogP) is 3.42. The summed E-state index contributed by atoms with van der Waals surface area (Å²) in [6.45, 7) is 3.98. The fourth-order valence-electron chi connectivity index (χ4n) is 3.00. The SMILES string of the molecule is CCCOc1ccccc1N1C(=O)CC(Nc2cccc(C(C)=O)c2)C1=O. The van der Waals surface area contributed by atoms with E-state index in [4.69, 9.17) is 4.74 Å². The highest BCUT2D eigenvalue weighted by Crippen LogP contribution is 2.33. The standard InChI is InChI=1S/C21H22N2O4/c1-3-11-27-19-10-5-4-9-18(19)23-20(25)13-17(21(23)26)22-16-8-6-7-15(12-16)14(2)24/h4-10,12,17,22H,3,11,13H2,1-2H3. The quantitative estimate of drug-likeness (QED) is 0.600. The van der Waals surface area contributed by atoms with Gasteiger partial charge < -0.3 is 10.1 Å². The molecule has 3 rings (SSSR count). The number of carbonyl (C=O) groups excluding carboxylic acids is 3. The van der Waals surface area contributed by atoms with Gasteiger partial charge in [0.2, 0.25) is 5.91 Å². The number of benzene rings is 2. The lowest BCUT2D eigenvalue weighted by Gasteiger charge is -2.19. The molecule has 1 atom stereocenters. The van der Waals surface area contributed by atoms with Crippen LogP contribution < -0.4 is 15.0 Å². The van der Waals surface area contributed by atoms with Crippen molar-refractivity contribution in [2.24, 2.45) is 0 Å². The van der Waals surface area contributed by atoms with E-state index in [0.717, 1.165) is 6.42 Å². The predicted molar refractivity (Wildman–Crippen MR) is 103 cm³/mol. The summed E-state index contributed by atoms with van der Waals surface area (Å²) in [4.78, 5) is 38.1. The zero-order chi connectivity index (χ0) is 19.4. The molecule has 0 aliphatic carbocycles. The van der Waals surface area contributed by atoms with Crippen LogP contribution in [0.25, 0.3) is 0 Å². The Bertz CT molecular complexity index is 878. The van der Waals surface area contributed by atoms with Gasteiger partial charge in [-0.3, -0.25) is 14.4 Å². The maximum Gasteiger partial charge on any atom is 0.256 e. The number of rotatable bonds is 7. The smallest absolute Gasteiger partial charge is 0.256 e. The van der Waals surface area contributed by atoms with Crippen molar-refractivity contribution >= 4 is 29.0 Å². The lowest BCUT2D eigenvalue weighted by molar-refractivity contribution is -0.121. The molecule has 2 aromatic carbocycles. The molecule has 1 saturated heterocycles. The third kappa shape index (κ3) is 4.00. The largest absolute Gasteiger partial charge is 0.491 e. The molecule has 1 unspecified atom stereocenters. The van der Waals surface area contributed by atoms with Gasteiger partial charge in [0, 0.05) is 11.3 Å². The number of nitrogens with zero attached hydrogens (tertiary/aromatic N) is 1. The Balaban J connectivity index is 1.82. The molecule has 27 heavy (non-hydrogen) atoms. The fourth-order valence-corrected chi connectivity index (χ4v) is 3.00. The first-order valence-electron chi connectivity index (χ1n) is 8.97. The topological polar surface area (TPSA) is 75.7 Å². The molecule has 6 heteroatoms. The first-order chi connectivity index (χ1) is 13.0. The summed E-state index contributed by atoms with van der Waals surface area (Å²) >= 11 is 0. The number of anilines is 2. The van der Waals surface area contributed by atoms with E-state index in [2.05, 4.69) is 5.32 Å². The molecule has 140 valence electrons. The maximum atomic E-state index is 12.9. The van der Waals surface area contributed by atoms with Crippen LogP contribution in [0.15, 0.2) is 48.5 Å². The maximum absolute atomic E-state index is 12.9. The summed E-state index contributed by atoms with van der Waals surface area (Å²) < 4.78 is 5.69. The van der Waals surface area contributed by atoms with Crippen molar-refractivity contribution in [1.29, 1.82) is 0 Å². The van der Waals surface area contributed by atoms with Crippen molar-refractivity contribution < 1.29 is 19.1 Å². The summed E-state index contributed by atoms with van der Waals surface area (Å²) in [5, 5.41) is 3.07. The van der Waals surface area contributed by atoms with Crippen LogP contribution in [0.3, 0.4) is 0 Å². The number of imide groups is 1. The molecule has 0 radical (unpaired) electrons. The summed E-state index contributed by atoms with van der Waals surface area (Å²) in [6, 6.07) is 13.3. The van der Waals surface area contributed by atoms with E-state index in [-0.39, 0.29) is 24.0 Å². The van der Waals surface area contributed by atoms with Gasteiger partial charge in [0.05, 0.1) is 18.7 Å². The number of para-hydroxylation sites is 2. The minimum atomic E-state index is -0.682. The Morgan fingerprint density at radius 3 is 2.70 bits per heavy atom. The number of hydrogen-bond acceptors (Lipinski definition) is 5. The Labute approximate surface area is 158 Å². The highest BCUT2D eigenvalue weighted by Gasteiger charge is 2.40. The molecule has 0 saturated carbocycles. The molecule has 1 heterocycles. The van der Waals surface area contributed by atoms with Crippen LogP contribution in [0.5, 0.6) is 5.75 Å². The molecule has 6 nitrogen and oxygen atoms in total. The number of carbonyl (C=O) groups is 3. The number of ketones is 1. The summed E-state index contributed by atoms with van der Waals surface area (Å²) in [5.74, 6) is -0.162. The van der Waals surface area contributed by atoms with Crippen LogP contribution in [0.4, 0.5) is 11.4 Å². The molecule has 0 bridgehead atoms. The lowest BCUT2D eigenvalue weighted by Crippen LogP contribution is -2.35. The third-order valence-electron chi connectivity index (χ3n) is 4.32. The molecule has 2 amide bonds. The first kappa shape index (κ1) is 18.6. The minimum absolute atomic E-state index is 0.0469. The van der Waals surface area contributed by atoms with Gasteiger partial charge in [-0.1, -0.05) is 31.2 Å². The van der Waals surface area contributed by atoms with Gasteiger partial charge in [-0.25, -0.2) is 4.90 Å². The van der Waals surface area contributed by atoms with E-state index in [0.29, 0.717) is 29.3 Å². The highest BCUT2D eigenvalue weighted by atomic mass is 16.5. The van der Waals surface area contributed by atoms with E-state index in [1.54, 1.807) is 42.5 Å². The zero-order valence-corrected chi connectivity index (χ0v) is 15.4. The minimum Gasteiger partial charge on any atom is -0.491 e. The third-order valence-corrected chi connectivity index (χ3v) is 4.32. The van der Waals surface area contributed by atoms with Crippen LogP contribution in [-0.4, -0.2) is 30.2 Å². The van der Waals surface area contributed by atoms with Crippen molar-refractivity contribution in [3.05, 3.63) is 54.1 Å². The van der Waals surface area contributed by atoms with Crippen molar-refractivity contribution in [3.8, 4) is 5.75 Å². The Kier molecular flexibility index (Phi) is 5.54. The van der Waals surface area contributed by atoms with Crippen LogP contribution in [0, 0.1) is 0 Å². The van der Waals surface area contributed by atoms with E-state index in [1.807, 2.05) is 13.0 Å². The molecule has 2 aromatic rings. The van der Waals surface area contributed by atoms with E-state index in [1.165, 1.54) is 11.8 Å². The molecule has 0 spiro atoms. The lowest BCUT2D eigenvalue weighted by atomic mass is 10.1. The van der Waals surface area contributed by atoms with Gasteiger partial charge in [0.1, 0.15) is 11.8 Å². The average Bonchev–Trinajstić information content (AvgIpc) is 2.93. The van der Waals surface area contributed by atoms with Crippen LogP contribution in [0.2, 0.25) is 0 Å². The molecular formula is C21H22N2O4. The summed E-state index contributed by atoms with van der Waals surface area (Å²) in [6.07, 6.45) is 0.873. The zero-order valence-electron chi connectivity index (χ0n) is 15.4. The van der Waals surface area contributed by atoms with E-state index in [9.17, 15) is 14.4 Å². The van der Waals surface area contributed by atoms with Gasteiger partial charge in [-0.05, 0) is 37.6 Å². The number of hydrogen-bond donors (Lipinski definition) is 1. The van der Waals surface area contributed by atoms with Gasteiger partial charge in [0.15, 0.2) is 5.78 Å².